The van der Waals surface area contributed by atoms with E-state index in [2.05, 4.69) is 15.9 Å². The molecule has 0 aliphatic rings. The third-order valence-corrected chi connectivity index (χ3v) is 1.78. The summed E-state index contributed by atoms with van der Waals surface area (Å²) in [6.07, 6.45) is 10.4. The molecule has 12 heavy (non-hydrogen) atoms. The standard InChI is InChI=1S/C9H7N3/c1-3-7-4-10-5-8-9(7)12(2)6-11-8/h1,4-6H,2H3. The predicted octanol–water partition coefficient (Wildman–Crippen LogP) is 0.950. The third kappa shape index (κ3) is 0.785. The molecule has 0 N–H and O–H groups in total. The quantitative estimate of drug-likeness (QED) is 0.533. The van der Waals surface area contributed by atoms with Gasteiger partial charge in [0.25, 0.3) is 0 Å². The van der Waals surface area contributed by atoms with Crippen molar-refractivity contribution in [1.82, 2.24) is 14.5 Å². The Labute approximate surface area is 70.1 Å². The lowest BCUT2D eigenvalue weighted by Gasteiger charge is -1.95. The second kappa shape index (κ2) is 2.35. The maximum atomic E-state index is 5.31. The van der Waals surface area contributed by atoms with E-state index in [-0.39, 0.29) is 0 Å². The molecule has 2 aromatic heterocycles. The summed E-state index contributed by atoms with van der Waals surface area (Å²) in [5.74, 6) is 2.57. The van der Waals surface area contributed by atoms with E-state index in [1.807, 2.05) is 11.6 Å². The zero-order chi connectivity index (χ0) is 8.55. The van der Waals surface area contributed by atoms with Gasteiger partial charge >= 0.3 is 0 Å². The Morgan fingerprint density at radius 1 is 1.50 bits per heavy atom. The van der Waals surface area contributed by atoms with Crippen molar-refractivity contribution < 1.29 is 0 Å². The Morgan fingerprint density at radius 3 is 3.08 bits per heavy atom. The van der Waals surface area contributed by atoms with Gasteiger partial charge < -0.3 is 4.57 Å². The minimum atomic E-state index is 0.785. The lowest BCUT2D eigenvalue weighted by Crippen LogP contribution is -1.88. The number of pyridine rings is 1. The highest BCUT2D eigenvalue weighted by molar-refractivity contribution is 5.80. The number of imidazole rings is 1. The Balaban J connectivity index is 2.96. The van der Waals surface area contributed by atoms with Crippen molar-refractivity contribution in [3.8, 4) is 12.3 Å². The molecular formula is C9H7N3. The third-order valence-electron chi connectivity index (χ3n) is 1.78. The smallest absolute Gasteiger partial charge is 0.108 e. The number of nitrogens with zero attached hydrogens (tertiary/aromatic N) is 3. The Bertz CT molecular complexity index is 462. The van der Waals surface area contributed by atoms with Gasteiger partial charge in [-0.15, -0.1) is 6.42 Å². The normalized spacial score (nSPS) is 10.0. The molecule has 0 amide bonds. The number of aromatic nitrogens is 3. The van der Waals surface area contributed by atoms with Crippen molar-refractivity contribution in [2.45, 2.75) is 0 Å². The van der Waals surface area contributed by atoms with Gasteiger partial charge in [-0.2, -0.15) is 0 Å². The number of aryl methyl sites for hydroxylation is 1. The fourth-order valence-corrected chi connectivity index (χ4v) is 1.22. The Morgan fingerprint density at radius 2 is 2.33 bits per heavy atom. The van der Waals surface area contributed by atoms with Gasteiger partial charge in [-0.05, 0) is 0 Å². The summed E-state index contributed by atoms with van der Waals surface area (Å²) in [4.78, 5) is 8.11. The molecule has 0 radical (unpaired) electrons. The fraction of sp³-hybridized carbons (Fsp3) is 0.111. The number of hydrogen-bond acceptors (Lipinski definition) is 2. The van der Waals surface area contributed by atoms with E-state index in [9.17, 15) is 0 Å². The minimum Gasteiger partial charge on any atom is -0.333 e. The molecule has 0 fully saturated rings. The van der Waals surface area contributed by atoms with Crippen LogP contribution in [0.4, 0.5) is 0 Å². The van der Waals surface area contributed by atoms with E-state index in [0.717, 1.165) is 16.6 Å². The molecule has 0 saturated carbocycles. The fourth-order valence-electron chi connectivity index (χ4n) is 1.22. The summed E-state index contributed by atoms with van der Waals surface area (Å²) in [5.41, 5.74) is 2.59. The predicted molar refractivity (Wildman–Crippen MR) is 46.4 cm³/mol. The van der Waals surface area contributed by atoms with Crippen molar-refractivity contribution in [2.75, 3.05) is 0 Å². The lowest BCUT2D eigenvalue weighted by molar-refractivity contribution is 0.946. The molecule has 2 aromatic rings. The van der Waals surface area contributed by atoms with E-state index in [0.29, 0.717) is 0 Å². The second-order valence-electron chi connectivity index (χ2n) is 2.55. The first kappa shape index (κ1) is 6.86. The zero-order valence-electron chi connectivity index (χ0n) is 6.65. The van der Waals surface area contributed by atoms with Crippen molar-refractivity contribution in [3.63, 3.8) is 0 Å². The monoisotopic (exact) mass is 157 g/mol. The van der Waals surface area contributed by atoms with Crippen LogP contribution in [0.5, 0.6) is 0 Å². The van der Waals surface area contributed by atoms with Crippen LogP contribution in [-0.4, -0.2) is 14.5 Å². The summed E-state index contributed by atoms with van der Waals surface area (Å²) in [5, 5.41) is 0. The molecule has 0 bridgehead atoms. The summed E-state index contributed by atoms with van der Waals surface area (Å²) in [6.45, 7) is 0. The van der Waals surface area contributed by atoms with Crippen molar-refractivity contribution in [3.05, 3.63) is 24.3 Å². The van der Waals surface area contributed by atoms with E-state index in [1.165, 1.54) is 0 Å². The van der Waals surface area contributed by atoms with E-state index in [4.69, 9.17) is 6.42 Å². The van der Waals surface area contributed by atoms with E-state index < -0.39 is 0 Å². The molecule has 0 aliphatic heterocycles. The number of rotatable bonds is 0. The molecule has 3 nitrogen and oxygen atoms in total. The Kier molecular flexibility index (Phi) is 1.34. The maximum absolute atomic E-state index is 5.31. The molecule has 58 valence electrons. The van der Waals surface area contributed by atoms with Crippen LogP contribution in [0.25, 0.3) is 11.0 Å². The summed E-state index contributed by atoms with van der Waals surface area (Å²) in [6, 6.07) is 0. The second-order valence-corrected chi connectivity index (χ2v) is 2.55. The molecule has 0 spiro atoms. The van der Waals surface area contributed by atoms with Crippen LogP contribution in [0.15, 0.2) is 18.7 Å². The molecule has 0 aliphatic carbocycles. The maximum Gasteiger partial charge on any atom is 0.108 e. The first-order chi connectivity index (χ1) is 5.83. The van der Waals surface area contributed by atoms with Gasteiger partial charge in [-0.1, -0.05) is 5.92 Å². The first-order valence-electron chi connectivity index (χ1n) is 3.54. The minimum absolute atomic E-state index is 0.785. The van der Waals surface area contributed by atoms with Crippen LogP contribution in [0.3, 0.4) is 0 Å². The Hall–Kier alpha value is -1.82. The summed E-state index contributed by atoms with van der Waals surface area (Å²) < 4.78 is 1.90. The molecule has 0 saturated heterocycles. The van der Waals surface area contributed by atoms with Crippen LogP contribution in [0, 0.1) is 12.3 Å². The SMILES string of the molecule is C#Cc1cncc2ncn(C)c12. The summed E-state index contributed by atoms with van der Waals surface area (Å²) in [7, 11) is 1.91. The van der Waals surface area contributed by atoms with Gasteiger partial charge in [0.05, 0.1) is 23.6 Å². The number of terminal acetylenes is 1. The van der Waals surface area contributed by atoms with Crippen LogP contribution in [0.2, 0.25) is 0 Å². The van der Waals surface area contributed by atoms with Gasteiger partial charge in [0.15, 0.2) is 0 Å². The zero-order valence-corrected chi connectivity index (χ0v) is 6.65. The highest BCUT2D eigenvalue weighted by Gasteiger charge is 2.02. The van der Waals surface area contributed by atoms with Gasteiger partial charge in [-0.25, -0.2) is 4.98 Å². The van der Waals surface area contributed by atoms with Crippen molar-refractivity contribution >= 4 is 11.0 Å². The largest absolute Gasteiger partial charge is 0.333 e. The number of fused-ring (bicyclic) bond motifs is 1. The van der Waals surface area contributed by atoms with E-state index >= 15 is 0 Å². The highest BCUT2D eigenvalue weighted by atomic mass is 15.0. The molecular weight excluding hydrogens is 150 g/mol. The number of hydrogen-bond donors (Lipinski definition) is 0. The van der Waals surface area contributed by atoms with Crippen molar-refractivity contribution in [1.29, 1.82) is 0 Å². The molecule has 3 heteroatoms. The molecule has 2 rings (SSSR count). The van der Waals surface area contributed by atoms with Gasteiger partial charge in [-0.3, -0.25) is 4.98 Å². The van der Waals surface area contributed by atoms with Crippen molar-refractivity contribution in [2.24, 2.45) is 7.05 Å². The summed E-state index contributed by atoms with van der Waals surface area (Å²) >= 11 is 0. The van der Waals surface area contributed by atoms with Gasteiger partial charge in [0.1, 0.15) is 5.52 Å². The average Bonchev–Trinajstić information content (AvgIpc) is 2.48. The van der Waals surface area contributed by atoms with Gasteiger partial charge in [0, 0.05) is 13.2 Å². The topological polar surface area (TPSA) is 30.7 Å². The molecule has 0 atom stereocenters. The first-order valence-corrected chi connectivity index (χ1v) is 3.54. The molecule has 0 unspecified atom stereocenters. The van der Waals surface area contributed by atoms with Crippen LogP contribution in [0.1, 0.15) is 5.56 Å². The van der Waals surface area contributed by atoms with Crippen LogP contribution in [-0.2, 0) is 7.05 Å². The van der Waals surface area contributed by atoms with E-state index in [1.54, 1.807) is 18.7 Å². The molecule has 0 aromatic carbocycles. The van der Waals surface area contributed by atoms with Crippen LogP contribution < -0.4 is 0 Å². The highest BCUT2D eigenvalue weighted by Crippen LogP contribution is 2.13. The van der Waals surface area contributed by atoms with Crippen LogP contribution >= 0.6 is 0 Å². The molecule has 2 heterocycles. The van der Waals surface area contributed by atoms with Gasteiger partial charge in [0.2, 0.25) is 0 Å². The average molecular weight is 157 g/mol. The lowest BCUT2D eigenvalue weighted by atomic mass is 10.2.